The van der Waals surface area contributed by atoms with Crippen LogP contribution in [0.25, 0.3) is 0 Å². The first-order valence-corrected chi connectivity index (χ1v) is 5.95. The minimum atomic E-state index is 0.774. The van der Waals surface area contributed by atoms with Crippen molar-refractivity contribution in [2.45, 2.75) is 13.5 Å². The molecule has 0 saturated heterocycles. The van der Waals surface area contributed by atoms with Gasteiger partial charge < -0.3 is 10.2 Å². The zero-order valence-corrected chi connectivity index (χ0v) is 11.0. The molecule has 0 saturated carbocycles. The Bertz CT molecular complexity index is 525. The van der Waals surface area contributed by atoms with Crippen molar-refractivity contribution in [3.05, 3.63) is 48.0 Å². The van der Waals surface area contributed by atoms with Crippen LogP contribution >= 0.6 is 0 Å². The second kappa shape index (κ2) is 5.49. The molecule has 2 heterocycles. The molecule has 0 unspecified atom stereocenters. The topological polar surface area (TPSA) is 41.1 Å². The average molecular weight is 242 g/mol. The molecule has 4 nitrogen and oxygen atoms in total. The van der Waals surface area contributed by atoms with Crippen LogP contribution in [-0.4, -0.2) is 24.1 Å². The maximum absolute atomic E-state index is 4.50. The lowest BCUT2D eigenvalue weighted by atomic mass is 10.3. The molecule has 2 rings (SSSR count). The zero-order chi connectivity index (χ0) is 13.0. The predicted molar refractivity (Wildman–Crippen MR) is 74.9 cm³/mol. The average Bonchev–Trinajstić information content (AvgIpc) is 2.39. The van der Waals surface area contributed by atoms with Crippen molar-refractivity contribution in [3.63, 3.8) is 0 Å². The molecule has 94 valence electrons. The molecule has 0 amide bonds. The van der Waals surface area contributed by atoms with E-state index < -0.39 is 0 Å². The Morgan fingerprint density at radius 2 is 2.11 bits per heavy atom. The molecule has 1 N–H and O–H groups in total. The maximum Gasteiger partial charge on any atom is 0.0600 e. The summed E-state index contributed by atoms with van der Waals surface area (Å²) in [5.74, 6) is 0. The molecule has 0 aliphatic rings. The fraction of sp³-hybridized carbons (Fsp3) is 0.286. The molecule has 2 aromatic heterocycles. The molecule has 2 aromatic rings. The molecule has 0 aliphatic carbocycles. The maximum atomic E-state index is 4.50. The van der Waals surface area contributed by atoms with E-state index in [9.17, 15) is 0 Å². The van der Waals surface area contributed by atoms with Gasteiger partial charge in [-0.1, -0.05) is 6.07 Å². The van der Waals surface area contributed by atoms with Crippen LogP contribution in [0.3, 0.4) is 0 Å². The minimum absolute atomic E-state index is 0.774. The summed E-state index contributed by atoms with van der Waals surface area (Å²) >= 11 is 0. The summed E-state index contributed by atoms with van der Waals surface area (Å²) in [6, 6.07) is 8.15. The highest BCUT2D eigenvalue weighted by atomic mass is 15.1. The van der Waals surface area contributed by atoms with E-state index in [-0.39, 0.29) is 0 Å². The Balaban J connectivity index is 2.13. The molecule has 0 radical (unpaired) electrons. The highest BCUT2D eigenvalue weighted by Crippen LogP contribution is 2.17. The van der Waals surface area contributed by atoms with Crippen molar-refractivity contribution in [1.82, 2.24) is 9.97 Å². The summed E-state index contributed by atoms with van der Waals surface area (Å²) in [7, 11) is 3.93. The predicted octanol–water partition coefficient (Wildman–Crippen LogP) is 2.46. The monoisotopic (exact) mass is 242 g/mol. The van der Waals surface area contributed by atoms with Crippen molar-refractivity contribution in [2.24, 2.45) is 0 Å². The van der Waals surface area contributed by atoms with E-state index in [1.165, 1.54) is 0 Å². The summed E-state index contributed by atoms with van der Waals surface area (Å²) in [4.78, 5) is 10.8. The fourth-order valence-corrected chi connectivity index (χ4v) is 1.80. The van der Waals surface area contributed by atoms with Gasteiger partial charge in [0.1, 0.15) is 0 Å². The van der Waals surface area contributed by atoms with Crippen molar-refractivity contribution in [2.75, 3.05) is 24.3 Å². The van der Waals surface area contributed by atoms with Crippen LogP contribution in [0, 0.1) is 6.92 Å². The molecular formula is C14H18N4. The standard InChI is InChI=1S/C14H18N4/c1-11-5-4-6-12(17-11)10-18(3)14-7-13(15-2)8-16-9-14/h4-9,15H,10H2,1-3H3. The molecule has 0 bridgehead atoms. The smallest absolute Gasteiger partial charge is 0.0600 e. The number of aromatic nitrogens is 2. The third kappa shape index (κ3) is 2.97. The Morgan fingerprint density at radius 1 is 1.28 bits per heavy atom. The molecule has 0 atom stereocenters. The first-order chi connectivity index (χ1) is 8.69. The number of rotatable bonds is 4. The van der Waals surface area contributed by atoms with Crippen LogP contribution in [0.15, 0.2) is 36.7 Å². The number of pyridine rings is 2. The first kappa shape index (κ1) is 12.4. The van der Waals surface area contributed by atoms with Crippen LogP contribution in [0.2, 0.25) is 0 Å². The van der Waals surface area contributed by atoms with E-state index in [2.05, 4.69) is 26.3 Å². The summed E-state index contributed by atoms with van der Waals surface area (Å²) in [5, 5.41) is 3.09. The van der Waals surface area contributed by atoms with Crippen molar-refractivity contribution in [1.29, 1.82) is 0 Å². The number of aryl methyl sites for hydroxylation is 1. The Labute approximate surface area is 108 Å². The second-order valence-electron chi connectivity index (χ2n) is 4.31. The van der Waals surface area contributed by atoms with Crippen molar-refractivity contribution < 1.29 is 0 Å². The third-order valence-electron chi connectivity index (χ3n) is 2.80. The normalized spacial score (nSPS) is 10.2. The van der Waals surface area contributed by atoms with E-state index in [0.717, 1.165) is 29.3 Å². The number of hydrogen-bond acceptors (Lipinski definition) is 4. The molecular weight excluding hydrogens is 224 g/mol. The number of anilines is 2. The largest absolute Gasteiger partial charge is 0.387 e. The van der Waals surface area contributed by atoms with Crippen LogP contribution < -0.4 is 10.2 Å². The van der Waals surface area contributed by atoms with E-state index in [4.69, 9.17) is 0 Å². The van der Waals surface area contributed by atoms with Gasteiger partial charge in [-0.05, 0) is 25.1 Å². The lowest BCUT2D eigenvalue weighted by Crippen LogP contribution is -2.17. The molecule has 0 fully saturated rings. The lowest BCUT2D eigenvalue weighted by molar-refractivity contribution is 0.874. The molecule has 0 aliphatic heterocycles. The zero-order valence-electron chi connectivity index (χ0n) is 11.0. The Kier molecular flexibility index (Phi) is 3.77. The van der Waals surface area contributed by atoms with Gasteiger partial charge in [-0.25, -0.2) is 0 Å². The molecule has 4 heteroatoms. The quantitative estimate of drug-likeness (QED) is 0.894. The van der Waals surface area contributed by atoms with Gasteiger partial charge in [0.2, 0.25) is 0 Å². The van der Waals surface area contributed by atoms with E-state index in [0.29, 0.717) is 0 Å². The second-order valence-corrected chi connectivity index (χ2v) is 4.31. The van der Waals surface area contributed by atoms with Crippen LogP contribution in [0.4, 0.5) is 11.4 Å². The van der Waals surface area contributed by atoms with Crippen LogP contribution in [0.5, 0.6) is 0 Å². The summed E-state index contributed by atoms with van der Waals surface area (Å²) in [5.41, 5.74) is 4.19. The first-order valence-electron chi connectivity index (χ1n) is 5.95. The van der Waals surface area contributed by atoms with Gasteiger partial charge in [0.05, 0.1) is 36.0 Å². The van der Waals surface area contributed by atoms with Gasteiger partial charge >= 0.3 is 0 Å². The van der Waals surface area contributed by atoms with Gasteiger partial charge in [0.15, 0.2) is 0 Å². The number of hydrogen-bond donors (Lipinski definition) is 1. The molecule has 0 aromatic carbocycles. The molecule has 0 spiro atoms. The summed E-state index contributed by atoms with van der Waals surface area (Å²) in [6.45, 7) is 2.78. The fourth-order valence-electron chi connectivity index (χ4n) is 1.80. The minimum Gasteiger partial charge on any atom is -0.387 e. The van der Waals surface area contributed by atoms with Gasteiger partial charge in [0.25, 0.3) is 0 Å². The third-order valence-corrected chi connectivity index (χ3v) is 2.80. The summed E-state index contributed by atoms with van der Waals surface area (Å²) in [6.07, 6.45) is 3.67. The van der Waals surface area contributed by atoms with E-state index in [1.807, 2.05) is 51.6 Å². The van der Waals surface area contributed by atoms with Crippen molar-refractivity contribution in [3.8, 4) is 0 Å². The van der Waals surface area contributed by atoms with Crippen LogP contribution in [0.1, 0.15) is 11.4 Å². The van der Waals surface area contributed by atoms with Crippen LogP contribution in [-0.2, 0) is 6.54 Å². The Hall–Kier alpha value is -2.10. The van der Waals surface area contributed by atoms with Gasteiger partial charge in [-0.2, -0.15) is 0 Å². The highest BCUT2D eigenvalue weighted by Gasteiger charge is 2.04. The highest BCUT2D eigenvalue weighted by molar-refractivity contribution is 5.54. The molecule has 18 heavy (non-hydrogen) atoms. The SMILES string of the molecule is CNc1cncc(N(C)Cc2cccc(C)n2)c1. The summed E-state index contributed by atoms with van der Waals surface area (Å²) < 4.78 is 0. The lowest BCUT2D eigenvalue weighted by Gasteiger charge is -2.19. The van der Waals surface area contributed by atoms with E-state index in [1.54, 1.807) is 0 Å². The number of nitrogens with zero attached hydrogens (tertiary/aromatic N) is 3. The van der Waals surface area contributed by atoms with Gasteiger partial charge in [0, 0.05) is 19.8 Å². The van der Waals surface area contributed by atoms with Crippen molar-refractivity contribution >= 4 is 11.4 Å². The van der Waals surface area contributed by atoms with Gasteiger partial charge in [-0.15, -0.1) is 0 Å². The number of nitrogens with one attached hydrogen (secondary N) is 1. The van der Waals surface area contributed by atoms with Gasteiger partial charge in [-0.3, -0.25) is 9.97 Å². The van der Waals surface area contributed by atoms with E-state index >= 15 is 0 Å². The Morgan fingerprint density at radius 3 is 2.83 bits per heavy atom.